The molecule has 0 aromatic carbocycles. The van der Waals surface area contributed by atoms with Gasteiger partial charge < -0.3 is 24.8 Å². The molecule has 0 aromatic rings. The van der Waals surface area contributed by atoms with Gasteiger partial charge in [0, 0.05) is 19.7 Å². The third kappa shape index (κ3) is 3.86. The third-order valence-electron chi connectivity index (χ3n) is 7.49. The summed E-state index contributed by atoms with van der Waals surface area (Å²) in [5.74, 6) is -2.26. The molecule has 6 atom stereocenters. The Bertz CT molecular complexity index is 700. The van der Waals surface area contributed by atoms with Crippen molar-refractivity contribution in [2.24, 2.45) is 17.8 Å². The van der Waals surface area contributed by atoms with Crippen LogP contribution in [0, 0.1) is 17.8 Å². The lowest BCUT2D eigenvalue weighted by molar-refractivity contribution is -0.161. The topological polar surface area (TPSA) is 105 Å². The van der Waals surface area contributed by atoms with Crippen molar-refractivity contribution in [1.82, 2.24) is 10.2 Å². The fourth-order valence-corrected chi connectivity index (χ4v) is 5.95. The predicted molar refractivity (Wildman–Crippen MR) is 114 cm³/mol. The second-order valence-electron chi connectivity index (χ2n) is 9.42. The summed E-state index contributed by atoms with van der Waals surface area (Å²) in [4.78, 5) is 41.6. The van der Waals surface area contributed by atoms with E-state index in [-0.39, 0.29) is 30.9 Å². The number of hydrogen-bond acceptors (Lipinski definition) is 6. The number of ether oxygens (including phenoxy) is 2. The molecule has 176 valence electrons. The summed E-state index contributed by atoms with van der Waals surface area (Å²) < 4.78 is 11.9. The Labute approximate surface area is 185 Å². The van der Waals surface area contributed by atoms with Crippen molar-refractivity contribution in [2.45, 2.75) is 83.5 Å². The van der Waals surface area contributed by atoms with Gasteiger partial charge in [-0.05, 0) is 45.4 Å². The average molecular weight is 439 g/mol. The van der Waals surface area contributed by atoms with E-state index in [2.05, 4.69) is 12.2 Å². The number of aliphatic hydroxyl groups excluding tert-OH is 1. The van der Waals surface area contributed by atoms with Crippen molar-refractivity contribution < 1.29 is 29.0 Å². The molecule has 8 nitrogen and oxygen atoms in total. The molecule has 2 N–H and O–H groups in total. The van der Waals surface area contributed by atoms with E-state index < -0.39 is 35.0 Å². The zero-order chi connectivity index (χ0) is 22.8. The molecule has 3 aliphatic heterocycles. The first kappa shape index (κ1) is 24.0. The van der Waals surface area contributed by atoms with Crippen LogP contribution in [0.2, 0.25) is 0 Å². The van der Waals surface area contributed by atoms with E-state index in [0.717, 1.165) is 19.3 Å². The molecule has 8 heteroatoms. The summed E-state index contributed by atoms with van der Waals surface area (Å²) in [7, 11) is 0. The monoisotopic (exact) mass is 438 g/mol. The maximum absolute atomic E-state index is 13.6. The Morgan fingerprint density at radius 2 is 2.00 bits per heavy atom. The SMILES string of the molecule is CCCCCNC(=O)C1N(CCCCO)C(=O)[C@@H]2[C@H](C(=O)OCC)[C@@]3(C)OC12CC3C. The van der Waals surface area contributed by atoms with Crippen LogP contribution in [-0.4, -0.2) is 71.3 Å². The van der Waals surface area contributed by atoms with Crippen LogP contribution in [0.3, 0.4) is 0 Å². The highest BCUT2D eigenvalue weighted by atomic mass is 16.6. The predicted octanol–water partition coefficient (Wildman–Crippen LogP) is 1.64. The summed E-state index contributed by atoms with van der Waals surface area (Å²) in [6, 6.07) is -0.769. The molecule has 0 aromatic heterocycles. The van der Waals surface area contributed by atoms with Crippen molar-refractivity contribution in [3.63, 3.8) is 0 Å². The highest BCUT2D eigenvalue weighted by Gasteiger charge is 2.80. The molecule has 3 heterocycles. The van der Waals surface area contributed by atoms with Crippen LogP contribution in [-0.2, 0) is 23.9 Å². The minimum absolute atomic E-state index is 0.0127. The number of likely N-dealkylation sites (tertiary alicyclic amines) is 1. The number of hydrogen-bond donors (Lipinski definition) is 2. The van der Waals surface area contributed by atoms with Gasteiger partial charge in [-0.25, -0.2) is 0 Å². The fourth-order valence-electron chi connectivity index (χ4n) is 5.95. The van der Waals surface area contributed by atoms with Gasteiger partial charge in [0.15, 0.2) is 0 Å². The highest BCUT2D eigenvalue weighted by Crippen LogP contribution is 2.65. The normalized spacial score (nSPS) is 36.0. The van der Waals surface area contributed by atoms with Crippen molar-refractivity contribution in [2.75, 3.05) is 26.3 Å². The molecule has 31 heavy (non-hydrogen) atoms. The number of unbranched alkanes of at least 4 members (excludes halogenated alkanes) is 3. The Balaban J connectivity index is 1.94. The number of aliphatic hydroxyl groups is 1. The zero-order valence-corrected chi connectivity index (χ0v) is 19.3. The second-order valence-corrected chi connectivity index (χ2v) is 9.42. The molecule has 0 radical (unpaired) electrons. The van der Waals surface area contributed by atoms with E-state index in [9.17, 15) is 19.5 Å². The Hall–Kier alpha value is -1.67. The zero-order valence-electron chi connectivity index (χ0n) is 19.3. The second kappa shape index (κ2) is 9.45. The minimum Gasteiger partial charge on any atom is -0.466 e. The number of esters is 1. The summed E-state index contributed by atoms with van der Waals surface area (Å²) >= 11 is 0. The lowest BCUT2D eigenvalue weighted by atomic mass is 9.62. The molecule has 3 unspecified atom stereocenters. The van der Waals surface area contributed by atoms with Gasteiger partial charge in [0.1, 0.15) is 17.6 Å². The lowest BCUT2D eigenvalue weighted by Gasteiger charge is -2.35. The van der Waals surface area contributed by atoms with Gasteiger partial charge in [-0.2, -0.15) is 0 Å². The van der Waals surface area contributed by atoms with Crippen LogP contribution < -0.4 is 5.32 Å². The van der Waals surface area contributed by atoms with Crippen LogP contribution in [0.1, 0.15) is 66.2 Å². The largest absolute Gasteiger partial charge is 0.466 e. The van der Waals surface area contributed by atoms with Crippen LogP contribution in [0.4, 0.5) is 0 Å². The maximum Gasteiger partial charge on any atom is 0.312 e. The molecule has 2 bridgehead atoms. The van der Waals surface area contributed by atoms with Crippen molar-refractivity contribution in [3.05, 3.63) is 0 Å². The molecule has 3 rings (SSSR count). The number of amides is 2. The van der Waals surface area contributed by atoms with Crippen LogP contribution in [0.15, 0.2) is 0 Å². The molecule has 0 saturated carbocycles. The molecule has 3 fully saturated rings. The van der Waals surface area contributed by atoms with E-state index >= 15 is 0 Å². The van der Waals surface area contributed by atoms with Gasteiger partial charge in [0.25, 0.3) is 0 Å². The third-order valence-corrected chi connectivity index (χ3v) is 7.49. The van der Waals surface area contributed by atoms with Gasteiger partial charge in [0.2, 0.25) is 11.8 Å². The average Bonchev–Trinajstić information content (AvgIpc) is 3.23. The maximum atomic E-state index is 13.6. The molecule has 0 aliphatic carbocycles. The van der Waals surface area contributed by atoms with Gasteiger partial charge in [0.05, 0.1) is 18.1 Å². The van der Waals surface area contributed by atoms with E-state index in [1.54, 1.807) is 11.8 Å². The van der Waals surface area contributed by atoms with Crippen LogP contribution >= 0.6 is 0 Å². The molecule has 1 spiro atoms. The standard InChI is InChI=1S/C23H38N2O6/c1-5-7-8-11-24-19(27)18-23-14-15(3)22(4,31-23)17(21(29)30-6-2)16(23)20(28)25(18)12-9-10-13-26/h15-18,26H,5-14H2,1-4H3,(H,24,27)/t15?,16-,17+,18?,22-,23?/m0/s1. The lowest BCUT2D eigenvalue weighted by Crippen LogP contribution is -2.55. The van der Waals surface area contributed by atoms with Gasteiger partial charge in [-0.1, -0.05) is 26.7 Å². The highest BCUT2D eigenvalue weighted by molar-refractivity contribution is 5.98. The number of fused-ring (bicyclic) bond motifs is 1. The van der Waals surface area contributed by atoms with Gasteiger partial charge in [-0.3, -0.25) is 14.4 Å². The summed E-state index contributed by atoms with van der Waals surface area (Å²) in [6.07, 6.45) is 4.64. The Morgan fingerprint density at radius 1 is 1.26 bits per heavy atom. The van der Waals surface area contributed by atoms with E-state index in [1.807, 2.05) is 13.8 Å². The Morgan fingerprint density at radius 3 is 2.65 bits per heavy atom. The quantitative estimate of drug-likeness (QED) is 0.375. The van der Waals surface area contributed by atoms with Crippen LogP contribution in [0.5, 0.6) is 0 Å². The molecular weight excluding hydrogens is 400 g/mol. The van der Waals surface area contributed by atoms with Crippen molar-refractivity contribution in [1.29, 1.82) is 0 Å². The number of carbonyl (C=O) groups excluding carboxylic acids is 3. The first-order valence-electron chi connectivity index (χ1n) is 11.8. The molecular formula is C23H38N2O6. The summed E-state index contributed by atoms with van der Waals surface area (Å²) in [5.41, 5.74) is -1.85. The number of rotatable bonds is 11. The van der Waals surface area contributed by atoms with E-state index in [4.69, 9.17) is 9.47 Å². The number of nitrogens with one attached hydrogen (secondary N) is 1. The van der Waals surface area contributed by atoms with Crippen molar-refractivity contribution in [3.8, 4) is 0 Å². The number of carbonyl (C=O) groups is 3. The van der Waals surface area contributed by atoms with Gasteiger partial charge in [-0.15, -0.1) is 0 Å². The smallest absolute Gasteiger partial charge is 0.312 e. The fraction of sp³-hybridized carbons (Fsp3) is 0.870. The first-order chi connectivity index (χ1) is 14.8. The van der Waals surface area contributed by atoms with Crippen LogP contribution in [0.25, 0.3) is 0 Å². The minimum atomic E-state index is -1.02. The molecule has 2 amide bonds. The molecule has 3 saturated heterocycles. The number of nitrogens with zero attached hydrogens (tertiary/aromatic N) is 1. The van der Waals surface area contributed by atoms with E-state index in [0.29, 0.717) is 32.4 Å². The summed E-state index contributed by atoms with van der Waals surface area (Å²) in [5, 5.41) is 12.2. The first-order valence-corrected chi connectivity index (χ1v) is 11.8. The Kier molecular flexibility index (Phi) is 7.31. The molecule has 3 aliphatic rings. The van der Waals surface area contributed by atoms with Crippen molar-refractivity contribution >= 4 is 17.8 Å². The van der Waals surface area contributed by atoms with E-state index in [1.165, 1.54) is 0 Å². The van der Waals surface area contributed by atoms with Gasteiger partial charge >= 0.3 is 5.97 Å². The summed E-state index contributed by atoms with van der Waals surface area (Å²) in [6.45, 7) is 8.92.